The molecule has 1 aliphatic heterocycles. The molecular weight excluding hydrogens is 278 g/mol. The van der Waals surface area contributed by atoms with Gasteiger partial charge < -0.3 is 15.5 Å². The summed E-state index contributed by atoms with van der Waals surface area (Å²) in [6.45, 7) is 3.88. The van der Waals surface area contributed by atoms with Crippen LogP contribution in [-0.4, -0.2) is 42.9 Å². The van der Waals surface area contributed by atoms with Crippen LogP contribution in [0.2, 0.25) is 0 Å². The Morgan fingerprint density at radius 3 is 2.77 bits per heavy atom. The van der Waals surface area contributed by atoms with Gasteiger partial charge in [0.1, 0.15) is 0 Å². The van der Waals surface area contributed by atoms with Crippen molar-refractivity contribution in [1.29, 1.82) is 0 Å². The van der Waals surface area contributed by atoms with Crippen molar-refractivity contribution in [2.24, 2.45) is 11.8 Å². The van der Waals surface area contributed by atoms with Crippen LogP contribution >= 0.6 is 0 Å². The average Bonchev–Trinajstić information content (AvgIpc) is 3.03. The molecule has 1 aromatic rings. The van der Waals surface area contributed by atoms with Gasteiger partial charge in [-0.25, -0.2) is 0 Å². The van der Waals surface area contributed by atoms with Crippen LogP contribution in [-0.2, 0) is 4.79 Å². The number of hydrogen-bond donors (Lipinski definition) is 2. The van der Waals surface area contributed by atoms with E-state index in [0.717, 1.165) is 25.9 Å². The molecular formula is C17H23N3O2. The molecule has 2 fully saturated rings. The van der Waals surface area contributed by atoms with E-state index in [-0.39, 0.29) is 23.8 Å². The first kappa shape index (κ1) is 15.0. The van der Waals surface area contributed by atoms with Crippen molar-refractivity contribution in [2.45, 2.75) is 25.8 Å². The summed E-state index contributed by atoms with van der Waals surface area (Å²) in [4.78, 5) is 26.3. The number of carbonyl (C=O) groups is 2. The van der Waals surface area contributed by atoms with Gasteiger partial charge in [0, 0.05) is 36.8 Å². The Morgan fingerprint density at radius 1 is 1.36 bits per heavy atom. The van der Waals surface area contributed by atoms with Gasteiger partial charge in [-0.2, -0.15) is 0 Å². The molecule has 1 saturated heterocycles. The summed E-state index contributed by atoms with van der Waals surface area (Å²) in [6.07, 6.45) is 1.94. The topological polar surface area (TPSA) is 61.4 Å². The molecule has 2 aliphatic rings. The Kier molecular flexibility index (Phi) is 4.16. The van der Waals surface area contributed by atoms with Gasteiger partial charge in [0.2, 0.25) is 5.91 Å². The fraction of sp³-hybridized carbons (Fsp3) is 0.529. The monoisotopic (exact) mass is 301 g/mol. The van der Waals surface area contributed by atoms with Crippen LogP contribution in [0.1, 0.15) is 30.1 Å². The number of likely N-dealkylation sites (N-methyl/N-ethyl adjacent to an activating group) is 1. The largest absolute Gasteiger partial charge is 0.337 e. The Balaban J connectivity index is 1.67. The molecule has 3 unspecified atom stereocenters. The summed E-state index contributed by atoms with van der Waals surface area (Å²) in [7, 11) is 1.84. The van der Waals surface area contributed by atoms with Crippen molar-refractivity contribution in [3.05, 3.63) is 29.8 Å². The summed E-state index contributed by atoms with van der Waals surface area (Å²) in [5.74, 6) is 0.674. The average molecular weight is 301 g/mol. The Morgan fingerprint density at radius 2 is 2.14 bits per heavy atom. The van der Waals surface area contributed by atoms with Crippen LogP contribution in [0, 0.1) is 11.8 Å². The molecule has 3 rings (SSSR count). The second kappa shape index (κ2) is 6.08. The molecule has 3 atom stereocenters. The van der Waals surface area contributed by atoms with Crippen molar-refractivity contribution in [3.63, 3.8) is 0 Å². The lowest BCUT2D eigenvalue weighted by atomic mass is 10.1. The summed E-state index contributed by atoms with van der Waals surface area (Å²) >= 11 is 0. The zero-order valence-corrected chi connectivity index (χ0v) is 13.1. The number of rotatable bonds is 4. The summed E-state index contributed by atoms with van der Waals surface area (Å²) in [5.41, 5.74) is 1.32. The summed E-state index contributed by atoms with van der Waals surface area (Å²) < 4.78 is 0. The smallest absolute Gasteiger partial charge is 0.253 e. The third kappa shape index (κ3) is 3.14. The number of amides is 2. The molecule has 1 aliphatic carbocycles. The van der Waals surface area contributed by atoms with Gasteiger partial charge in [0.05, 0.1) is 0 Å². The highest BCUT2D eigenvalue weighted by Crippen LogP contribution is 2.38. The molecule has 2 N–H and O–H groups in total. The molecule has 2 amide bonds. The third-order valence-electron chi connectivity index (χ3n) is 4.73. The molecule has 0 spiro atoms. The van der Waals surface area contributed by atoms with Crippen molar-refractivity contribution in [1.82, 2.24) is 10.2 Å². The Hall–Kier alpha value is -1.88. The van der Waals surface area contributed by atoms with E-state index in [2.05, 4.69) is 17.6 Å². The lowest BCUT2D eigenvalue weighted by Crippen LogP contribution is -2.38. The zero-order chi connectivity index (χ0) is 15.7. The fourth-order valence-corrected chi connectivity index (χ4v) is 2.99. The van der Waals surface area contributed by atoms with E-state index < -0.39 is 0 Å². The highest BCUT2D eigenvalue weighted by Gasteiger charge is 2.39. The number of benzene rings is 1. The van der Waals surface area contributed by atoms with Crippen LogP contribution in [0.25, 0.3) is 0 Å². The van der Waals surface area contributed by atoms with E-state index in [0.29, 0.717) is 17.2 Å². The second-order valence-corrected chi connectivity index (χ2v) is 6.45. The van der Waals surface area contributed by atoms with E-state index in [1.807, 2.05) is 19.2 Å². The molecule has 1 saturated carbocycles. The predicted octanol–water partition coefficient (Wildman–Crippen LogP) is 1.71. The van der Waals surface area contributed by atoms with Crippen molar-refractivity contribution < 1.29 is 9.59 Å². The van der Waals surface area contributed by atoms with Gasteiger partial charge >= 0.3 is 0 Å². The molecule has 0 radical (unpaired) electrons. The maximum Gasteiger partial charge on any atom is 0.253 e. The number of carbonyl (C=O) groups excluding carboxylic acids is 2. The van der Waals surface area contributed by atoms with E-state index in [1.165, 1.54) is 0 Å². The van der Waals surface area contributed by atoms with Gasteiger partial charge in [-0.15, -0.1) is 0 Å². The molecule has 118 valence electrons. The van der Waals surface area contributed by atoms with E-state index in [9.17, 15) is 9.59 Å². The lowest BCUT2D eigenvalue weighted by Gasteiger charge is -2.24. The molecule has 1 heterocycles. The van der Waals surface area contributed by atoms with Crippen LogP contribution in [0.15, 0.2) is 24.3 Å². The number of nitrogens with one attached hydrogen (secondary N) is 2. The number of hydrogen-bond acceptors (Lipinski definition) is 3. The predicted molar refractivity (Wildman–Crippen MR) is 85.7 cm³/mol. The van der Waals surface area contributed by atoms with Gasteiger partial charge in [-0.3, -0.25) is 9.59 Å². The minimum atomic E-state index is 0.00425. The highest BCUT2D eigenvalue weighted by molar-refractivity contribution is 5.98. The third-order valence-corrected chi connectivity index (χ3v) is 4.73. The highest BCUT2D eigenvalue weighted by atomic mass is 16.2. The quantitative estimate of drug-likeness (QED) is 0.890. The van der Waals surface area contributed by atoms with Crippen molar-refractivity contribution >= 4 is 17.5 Å². The fourth-order valence-electron chi connectivity index (χ4n) is 2.99. The van der Waals surface area contributed by atoms with E-state index in [1.54, 1.807) is 17.0 Å². The maximum atomic E-state index is 12.6. The second-order valence-electron chi connectivity index (χ2n) is 6.45. The molecule has 5 heteroatoms. The van der Waals surface area contributed by atoms with Crippen LogP contribution in [0.5, 0.6) is 0 Å². The van der Waals surface area contributed by atoms with Crippen molar-refractivity contribution in [3.8, 4) is 0 Å². The normalized spacial score (nSPS) is 26.5. The first-order chi connectivity index (χ1) is 10.6. The van der Waals surface area contributed by atoms with Gasteiger partial charge in [0.25, 0.3) is 5.91 Å². The SMILES string of the molecule is CC1CC1C(=O)Nc1cccc(C(=O)N(C)C2CCNC2)c1. The molecule has 5 nitrogen and oxygen atoms in total. The van der Waals surface area contributed by atoms with Crippen LogP contribution < -0.4 is 10.6 Å². The zero-order valence-electron chi connectivity index (χ0n) is 13.1. The summed E-state index contributed by atoms with van der Waals surface area (Å²) in [6, 6.07) is 7.47. The molecule has 1 aromatic carbocycles. The first-order valence-corrected chi connectivity index (χ1v) is 7.95. The minimum Gasteiger partial charge on any atom is -0.337 e. The molecule has 22 heavy (non-hydrogen) atoms. The minimum absolute atomic E-state index is 0.00425. The van der Waals surface area contributed by atoms with Gasteiger partial charge in [0.15, 0.2) is 0 Å². The Bertz CT molecular complexity index is 581. The lowest BCUT2D eigenvalue weighted by molar-refractivity contribution is -0.117. The van der Waals surface area contributed by atoms with Gasteiger partial charge in [-0.1, -0.05) is 13.0 Å². The summed E-state index contributed by atoms with van der Waals surface area (Å²) in [5, 5.41) is 6.19. The molecule has 0 aromatic heterocycles. The Labute approximate surface area is 131 Å². The van der Waals surface area contributed by atoms with E-state index >= 15 is 0 Å². The van der Waals surface area contributed by atoms with Gasteiger partial charge in [-0.05, 0) is 43.5 Å². The standard InChI is InChI=1S/C17H23N3O2/c1-11-8-15(11)16(21)19-13-5-3-4-12(9-13)17(22)20(2)14-6-7-18-10-14/h3-5,9,11,14-15,18H,6-8,10H2,1-2H3,(H,19,21). The van der Waals surface area contributed by atoms with Crippen LogP contribution in [0.4, 0.5) is 5.69 Å². The first-order valence-electron chi connectivity index (χ1n) is 7.95. The van der Waals surface area contributed by atoms with E-state index in [4.69, 9.17) is 0 Å². The maximum absolute atomic E-state index is 12.6. The number of anilines is 1. The van der Waals surface area contributed by atoms with Crippen molar-refractivity contribution in [2.75, 3.05) is 25.5 Å². The molecule has 0 bridgehead atoms. The van der Waals surface area contributed by atoms with Crippen LogP contribution in [0.3, 0.4) is 0 Å². The number of nitrogens with zero attached hydrogens (tertiary/aromatic N) is 1.